The third kappa shape index (κ3) is 3.51. The number of hydrogen-bond acceptors (Lipinski definition) is 8. The Hall–Kier alpha value is -2.22. The molecule has 1 aliphatic heterocycles. The van der Waals surface area contributed by atoms with Gasteiger partial charge in [0.2, 0.25) is 11.8 Å². The molecular weight excluding hydrogens is 284 g/mol. The van der Waals surface area contributed by atoms with Crippen molar-refractivity contribution in [1.29, 1.82) is 0 Å². The van der Waals surface area contributed by atoms with Gasteiger partial charge >= 0.3 is 0 Å². The first kappa shape index (κ1) is 14.7. The van der Waals surface area contributed by atoms with E-state index in [0.717, 1.165) is 32.0 Å². The fourth-order valence-corrected chi connectivity index (χ4v) is 2.44. The van der Waals surface area contributed by atoms with E-state index < -0.39 is 0 Å². The summed E-state index contributed by atoms with van der Waals surface area (Å²) in [5, 5.41) is 3.82. The highest BCUT2D eigenvalue weighted by atomic mass is 16.5. The van der Waals surface area contributed by atoms with Crippen LogP contribution in [-0.4, -0.2) is 57.8 Å². The van der Waals surface area contributed by atoms with Crippen LogP contribution in [0, 0.1) is 6.92 Å². The standard InChI is InChI=1S/C14H20N6O2/c1-3-21-13-9-15-8-12(17-13)20-6-4-19(5-7-20)10-14-16-11(2)18-22-14/h8-9H,3-7,10H2,1-2H3. The first-order valence-electron chi connectivity index (χ1n) is 7.46. The average Bonchev–Trinajstić information content (AvgIpc) is 2.94. The number of rotatable bonds is 5. The molecule has 0 aromatic carbocycles. The summed E-state index contributed by atoms with van der Waals surface area (Å²) in [7, 11) is 0. The van der Waals surface area contributed by atoms with Gasteiger partial charge in [0.05, 0.1) is 25.5 Å². The summed E-state index contributed by atoms with van der Waals surface area (Å²) in [6, 6.07) is 0. The van der Waals surface area contributed by atoms with E-state index in [0.29, 0.717) is 30.7 Å². The third-order valence-corrected chi connectivity index (χ3v) is 3.52. The second kappa shape index (κ2) is 6.69. The van der Waals surface area contributed by atoms with Crippen LogP contribution in [0.25, 0.3) is 0 Å². The Bertz CT molecular complexity index is 609. The number of nitrogens with zero attached hydrogens (tertiary/aromatic N) is 6. The molecule has 1 aliphatic rings. The quantitative estimate of drug-likeness (QED) is 0.805. The van der Waals surface area contributed by atoms with E-state index in [1.165, 1.54) is 0 Å². The van der Waals surface area contributed by atoms with Crippen LogP contribution in [0.15, 0.2) is 16.9 Å². The Morgan fingerprint density at radius 3 is 2.68 bits per heavy atom. The predicted molar refractivity (Wildman–Crippen MR) is 79.7 cm³/mol. The monoisotopic (exact) mass is 304 g/mol. The largest absolute Gasteiger partial charge is 0.477 e. The van der Waals surface area contributed by atoms with Crippen molar-refractivity contribution in [2.75, 3.05) is 37.7 Å². The van der Waals surface area contributed by atoms with Crippen molar-refractivity contribution in [3.8, 4) is 5.88 Å². The van der Waals surface area contributed by atoms with Gasteiger partial charge in [0.1, 0.15) is 0 Å². The predicted octanol–water partition coefficient (Wildman–Crippen LogP) is 0.889. The first-order chi connectivity index (χ1) is 10.7. The molecule has 0 bridgehead atoms. The lowest BCUT2D eigenvalue weighted by atomic mass is 10.3. The minimum absolute atomic E-state index is 0.573. The van der Waals surface area contributed by atoms with Crippen LogP contribution >= 0.6 is 0 Å². The van der Waals surface area contributed by atoms with Gasteiger partial charge in [0.15, 0.2) is 11.6 Å². The van der Waals surface area contributed by atoms with Gasteiger partial charge < -0.3 is 14.2 Å². The van der Waals surface area contributed by atoms with E-state index in [-0.39, 0.29) is 0 Å². The summed E-state index contributed by atoms with van der Waals surface area (Å²) in [5.74, 6) is 2.78. The molecular formula is C14H20N6O2. The second-order valence-corrected chi connectivity index (χ2v) is 5.15. The first-order valence-corrected chi connectivity index (χ1v) is 7.46. The normalized spacial score (nSPS) is 16.0. The smallest absolute Gasteiger partial charge is 0.240 e. The molecule has 0 amide bonds. The summed E-state index contributed by atoms with van der Waals surface area (Å²) >= 11 is 0. The Balaban J connectivity index is 1.56. The van der Waals surface area contributed by atoms with Crippen LogP contribution in [0.1, 0.15) is 18.6 Å². The molecule has 1 saturated heterocycles. The summed E-state index contributed by atoms with van der Waals surface area (Å²) in [6.07, 6.45) is 3.42. The van der Waals surface area contributed by atoms with Gasteiger partial charge in [-0.1, -0.05) is 5.16 Å². The molecule has 3 rings (SSSR count). The highest BCUT2D eigenvalue weighted by Crippen LogP contribution is 2.16. The van der Waals surface area contributed by atoms with Gasteiger partial charge in [-0.15, -0.1) is 0 Å². The summed E-state index contributed by atoms with van der Waals surface area (Å²) < 4.78 is 10.6. The summed E-state index contributed by atoms with van der Waals surface area (Å²) in [4.78, 5) is 17.4. The second-order valence-electron chi connectivity index (χ2n) is 5.15. The topological polar surface area (TPSA) is 80.4 Å². The number of piperazine rings is 1. The molecule has 0 spiro atoms. The zero-order valence-corrected chi connectivity index (χ0v) is 12.9. The molecule has 0 saturated carbocycles. The molecule has 0 N–H and O–H groups in total. The molecule has 3 heterocycles. The van der Waals surface area contributed by atoms with Gasteiger partial charge in [-0.05, 0) is 13.8 Å². The molecule has 0 unspecified atom stereocenters. The molecule has 8 nitrogen and oxygen atoms in total. The Morgan fingerprint density at radius 2 is 2.00 bits per heavy atom. The van der Waals surface area contributed by atoms with Crippen molar-refractivity contribution >= 4 is 5.82 Å². The third-order valence-electron chi connectivity index (χ3n) is 3.52. The number of anilines is 1. The van der Waals surface area contributed by atoms with Crippen molar-refractivity contribution in [3.63, 3.8) is 0 Å². The minimum Gasteiger partial charge on any atom is -0.477 e. The summed E-state index contributed by atoms with van der Waals surface area (Å²) in [5.41, 5.74) is 0. The van der Waals surface area contributed by atoms with E-state index in [4.69, 9.17) is 9.26 Å². The Labute approximate surface area is 129 Å². The van der Waals surface area contributed by atoms with Crippen molar-refractivity contribution in [3.05, 3.63) is 24.1 Å². The van der Waals surface area contributed by atoms with E-state index in [1.54, 1.807) is 12.4 Å². The fraction of sp³-hybridized carbons (Fsp3) is 0.571. The van der Waals surface area contributed by atoms with Crippen molar-refractivity contribution in [2.45, 2.75) is 20.4 Å². The molecule has 0 aliphatic carbocycles. The van der Waals surface area contributed by atoms with Crippen LogP contribution in [0.2, 0.25) is 0 Å². The molecule has 1 fully saturated rings. The van der Waals surface area contributed by atoms with Crippen LogP contribution in [0.4, 0.5) is 5.82 Å². The van der Waals surface area contributed by atoms with Crippen molar-refractivity contribution in [1.82, 2.24) is 25.0 Å². The SMILES string of the molecule is CCOc1cncc(N2CCN(Cc3nc(C)no3)CC2)n1. The molecule has 2 aromatic rings. The minimum atomic E-state index is 0.573. The fourth-order valence-electron chi connectivity index (χ4n) is 2.44. The van der Waals surface area contributed by atoms with Gasteiger partial charge in [-0.3, -0.25) is 9.88 Å². The highest BCUT2D eigenvalue weighted by molar-refractivity contribution is 5.38. The zero-order valence-electron chi connectivity index (χ0n) is 12.9. The maximum Gasteiger partial charge on any atom is 0.240 e. The van der Waals surface area contributed by atoms with E-state index in [1.807, 2.05) is 13.8 Å². The van der Waals surface area contributed by atoms with Crippen molar-refractivity contribution in [2.24, 2.45) is 0 Å². The lowest BCUT2D eigenvalue weighted by Gasteiger charge is -2.34. The molecule has 118 valence electrons. The van der Waals surface area contributed by atoms with Crippen molar-refractivity contribution < 1.29 is 9.26 Å². The zero-order chi connectivity index (χ0) is 15.4. The molecule has 2 aromatic heterocycles. The molecule has 8 heteroatoms. The van der Waals surface area contributed by atoms with Crippen LogP contribution in [0.3, 0.4) is 0 Å². The van der Waals surface area contributed by atoms with Crippen LogP contribution in [0.5, 0.6) is 5.88 Å². The van der Waals surface area contributed by atoms with E-state index in [2.05, 4.69) is 29.9 Å². The van der Waals surface area contributed by atoms with E-state index >= 15 is 0 Å². The van der Waals surface area contributed by atoms with Gasteiger partial charge in [0, 0.05) is 26.2 Å². The van der Waals surface area contributed by atoms with Crippen LogP contribution < -0.4 is 9.64 Å². The maximum absolute atomic E-state index is 5.40. The molecule has 0 radical (unpaired) electrons. The summed E-state index contributed by atoms with van der Waals surface area (Å²) in [6.45, 7) is 8.66. The van der Waals surface area contributed by atoms with Gasteiger partial charge in [-0.25, -0.2) is 0 Å². The average molecular weight is 304 g/mol. The molecule has 0 atom stereocenters. The van der Waals surface area contributed by atoms with E-state index in [9.17, 15) is 0 Å². The highest BCUT2D eigenvalue weighted by Gasteiger charge is 2.20. The molecule has 22 heavy (non-hydrogen) atoms. The lowest BCUT2D eigenvalue weighted by molar-refractivity contribution is 0.214. The van der Waals surface area contributed by atoms with Crippen LogP contribution in [-0.2, 0) is 6.54 Å². The Morgan fingerprint density at radius 1 is 1.18 bits per heavy atom. The number of hydrogen-bond donors (Lipinski definition) is 0. The number of aromatic nitrogens is 4. The van der Waals surface area contributed by atoms with Gasteiger partial charge in [0.25, 0.3) is 0 Å². The number of aryl methyl sites for hydroxylation is 1. The van der Waals surface area contributed by atoms with Gasteiger partial charge in [-0.2, -0.15) is 9.97 Å². The number of ether oxygens (including phenoxy) is 1. The lowest BCUT2D eigenvalue weighted by Crippen LogP contribution is -2.46. The maximum atomic E-state index is 5.40. The Kier molecular flexibility index (Phi) is 4.47.